The molecule has 0 heterocycles. The molecule has 0 amide bonds. The fourth-order valence-corrected chi connectivity index (χ4v) is 0. The van der Waals surface area contributed by atoms with Gasteiger partial charge in [-0.3, -0.25) is 0 Å². The fourth-order valence-electron chi connectivity index (χ4n) is 0. The molecular formula is C10H15NO8Sn. The summed E-state index contributed by atoms with van der Waals surface area (Å²) in [5, 5.41) is 42.9. The second kappa shape index (κ2) is 36.0. The Kier molecular flexibility index (Phi) is 65.1. The standard InChI is InChI=1S/C2H3N.4C2H4O2.Sn/c1-2-3;4*1-2(3)4;/h1H3;4*1H3,(H,3,4);/q;;;;;+4/p-4. The first kappa shape index (κ1) is 36.2. The number of carboxylic acid groups (broad SMARTS) is 4. The predicted molar refractivity (Wildman–Crippen MR) is 59.8 cm³/mol. The summed E-state index contributed by atoms with van der Waals surface area (Å²) >= 11 is 0. The van der Waals surface area contributed by atoms with Gasteiger partial charge in [-0.25, -0.2) is 0 Å². The van der Waals surface area contributed by atoms with E-state index in [0.29, 0.717) is 0 Å². The van der Waals surface area contributed by atoms with Crippen molar-refractivity contribution in [1.82, 2.24) is 0 Å². The van der Waals surface area contributed by atoms with Crippen LogP contribution in [0.25, 0.3) is 0 Å². The van der Waals surface area contributed by atoms with Crippen LogP contribution in [0.2, 0.25) is 0 Å². The van der Waals surface area contributed by atoms with Gasteiger partial charge in [0.05, 0.1) is 6.07 Å². The van der Waals surface area contributed by atoms with Crippen molar-refractivity contribution >= 4 is 47.8 Å². The van der Waals surface area contributed by atoms with Gasteiger partial charge in [-0.05, 0) is 27.7 Å². The molecular weight excluding hydrogens is 381 g/mol. The van der Waals surface area contributed by atoms with Crippen LogP contribution in [0.1, 0.15) is 34.6 Å². The Hall–Kier alpha value is -1.83. The summed E-state index contributed by atoms with van der Waals surface area (Å²) in [5.74, 6) is -4.33. The largest absolute Gasteiger partial charge is 4.00 e. The van der Waals surface area contributed by atoms with E-state index in [9.17, 15) is 0 Å². The van der Waals surface area contributed by atoms with Gasteiger partial charge >= 0.3 is 23.9 Å². The number of carbonyl (C=O) groups excluding carboxylic acids is 4. The second-order valence-electron chi connectivity index (χ2n) is 2.19. The van der Waals surface area contributed by atoms with Crippen molar-refractivity contribution < 1.29 is 39.6 Å². The van der Waals surface area contributed by atoms with E-state index in [4.69, 9.17) is 44.9 Å². The van der Waals surface area contributed by atoms with Crippen molar-refractivity contribution in [3.05, 3.63) is 0 Å². The fraction of sp³-hybridized carbons (Fsp3) is 0.500. The van der Waals surface area contributed by atoms with E-state index in [-0.39, 0.29) is 23.9 Å². The normalized spacial score (nSPS) is 5.40. The summed E-state index contributed by atoms with van der Waals surface area (Å²) in [6.45, 7) is 5.32. The maximum atomic E-state index is 8.89. The summed E-state index contributed by atoms with van der Waals surface area (Å²) in [6.07, 6.45) is 0. The molecule has 0 aliphatic carbocycles. The molecule has 0 N–H and O–H groups in total. The first-order valence-electron chi connectivity index (χ1n) is 4.36. The van der Waals surface area contributed by atoms with Crippen LogP contribution >= 0.6 is 0 Å². The number of hydrogen-bond donors (Lipinski definition) is 0. The van der Waals surface area contributed by atoms with Crippen LogP contribution in [-0.2, 0) is 19.2 Å². The Morgan fingerprint density at radius 1 is 0.700 bits per heavy atom. The number of rotatable bonds is 0. The smallest absolute Gasteiger partial charge is 0.550 e. The third-order valence-corrected chi connectivity index (χ3v) is 0. The van der Waals surface area contributed by atoms with Crippen LogP contribution in [0.5, 0.6) is 0 Å². The molecule has 0 spiro atoms. The number of carbonyl (C=O) groups is 4. The van der Waals surface area contributed by atoms with E-state index in [2.05, 4.69) is 0 Å². The molecule has 0 fully saturated rings. The summed E-state index contributed by atoms with van der Waals surface area (Å²) in [7, 11) is 0. The molecule has 0 aromatic carbocycles. The van der Waals surface area contributed by atoms with Crippen LogP contribution in [0.4, 0.5) is 0 Å². The summed E-state index contributed by atoms with van der Waals surface area (Å²) in [4.78, 5) is 35.6. The summed E-state index contributed by atoms with van der Waals surface area (Å²) < 4.78 is 0. The molecule has 0 bridgehead atoms. The maximum absolute atomic E-state index is 8.89. The Balaban J connectivity index is -0.0000000304. The monoisotopic (exact) mass is 397 g/mol. The van der Waals surface area contributed by atoms with Crippen molar-refractivity contribution in [2.75, 3.05) is 0 Å². The minimum absolute atomic E-state index is 0. The predicted octanol–water partition coefficient (Wildman–Crippen LogP) is -4.83. The van der Waals surface area contributed by atoms with Crippen molar-refractivity contribution in [3.63, 3.8) is 0 Å². The average molecular weight is 396 g/mol. The molecule has 0 aromatic heterocycles. The SMILES string of the molecule is CC#N.CC(=O)[O-].CC(=O)[O-].CC(=O)[O-].CC(=O)[O-].[Sn+4]. The van der Waals surface area contributed by atoms with Gasteiger partial charge in [-0.15, -0.1) is 0 Å². The van der Waals surface area contributed by atoms with Gasteiger partial charge in [0.2, 0.25) is 0 Å². The molecule has 0 atom stereocenters. The molecule has 0 radical (unpaired) electrons. The van der Waals surface area contributed by atoms with Gasteiger partial charge in [-0.1, -0.05) is 0 Å². The minimum atomic E-state index is -1.08. The second-order valence-corrected chi connectivity index (χ2v) is 2.19. The number of hydrogen-bond acceptors (Lipinski definition) is 9. The van der Waals surface area contributed by atoms with Gasteiger partial charge in [0.25, 0.3) is 0 Å². The molecule has 0 aliphatic heterocycles. The van der Waals surface area contributed by atoms with Gasteiger partial charge < -0.3 is 39.6 Å². The van der Waals surface area contributed by atoms with Gasteiger partial charge in [-0.2, -0.15) is 5.26 Å². The minimum Gasteiger partial charge on any atom is -0.550 e. The number of aliphatic carboxylic acids is 4. The molecule has 0 rings (SSSR count). The van der Waals surface area contributed by atoms with Crippen LogP contribution in [0, 0.1) is 11.3 Å². The first-order valence-corrected chi connectivity index (χ1v) is 4.36. The molecule has 10 heteroatoms. The van der Waals surface area contributed by atoms with E-state index >= 15 is 0 Å². The van der Waals surface area contributed by atoms with E-state index in [1.54, 1.807) is 6.07 Å². The van der Waals surface area contributed by atoms with E-state index < -0.39 is 23.9 Å². The van der Waals surface area contributed by atoms with Crippen molar-refractivity contribution in [1.29, 1.82) is 5.26 Å². The summed E-state index contributed by atoms with van der Waals surface area (Å²) in [6, 6.07) is 1.75. The molecule has 0 saturated carbocycles. The van der Waals surface area contributed by atoms with E-state index in [1.807, 2.05) is 0 Å². The van der Waals surface area contributed by atoms with Crippen molar-refractivity contribution in [2.24, 2.45) is 0 Å². The van der Waals surface area contributed by atoms with Crippen molar-refractivity contribution in [2.45, 2.75) is 34.6 Å². The first-order chi connectivity index (χ1) is 8.34. The Morgan fingerprint density at radius 3 is 0.700 bits per heavy atom. The molecule has 0 unspecified atom stereocenters. The average Bonchev–Trinajstić information content (AvgIpc) is 1.97. The van der Waals surface area contributed by atoms with Crippen LogP contribution in [0.3, 0.4) is 0 Å². The molecule has 0 aromatic rings. The molecule has 0 saturated heterocycles. The Labute approximate surface area is 133 Å². The molecule has 0 aliphatic rings. The zero-order chi connectivity index (χ0) is 17.0. The molecule has 112 valence electrons. The Bertz CT molecular complexity index is 234. The van der Waals surface area contributed by atoms with Gasteiger partial charge in [0, 0.05) is 30.8 Å². The third-order valence-electron chi connectivity index (χ3n) is 0. The Morgan fingerprint density at radius 2 is 0.700 bits per heavy atom. The van der Waals surface area contributed by atoms with E-state index in [1.165, 1.54) is 6.92 Å². The molecule has 9 nitrogen and oxygen atoms in total. The zero-order valence-electron chi connectivity index (χ0n) is 11.7. The van der Waals surface area contributed by atoms with Crippen LogP contribution < -0.4 is 20.4 Å². The molecule has 20 heavy (non-hydrogen) atoms. The number of nitriles is 1. The van der Waals surface area contributed by atoms with Gasteiger partial charge in [0.15, 0.2) is 0 Å². The number of nitrogens with zero attached hydrogens (tertiary/aromatic N) is 1. The summed E-state index contributed by atoms with van der Waals surface area (Å²) in [5.41, 5.74) is 0. The van der Waals surface area contributed by atoms with E-state index in [0.717, 1.165) is 27.7 Å². The number of carboxylic acids is 4. The van der Waals surface area contributed by atoms with Crippen molar-refractivity contribution in [3.8, 4) is 6.07 Å². The van der Waals surface area contributed by atoms with Gasteiger partial charge in [0.1, 0.15) is 0 Å². The van der Waals surface area contributed by atoms with Crippen LogP contribution in [-0.4, -0.2) is 47.8 Å². The maximum Gasteiger partial charge on any atom is 4.00 e. The zero-order valence-corrected chi connectivity index (χ0v) is 14.6. The topological polar surface area (TPSA) is 184 Å². The third kappa shape index (κ3) is 1110. The quantitative estimate of drug-likeness (QED) is 0.362. The van der Waals surface area contributed by atoms with Crippen LogP contribution in [0.15, 0.2) is 0 Å².